The van der Waals surface area contributed by atoms with Crippen molar-refractivity contribution in [2.45, 2.75) is 12.8 Å². The van der Waals surface area contributed by atoms with Crippen molar-refractivity contribution in [3.8, 4) is 0 Å². The fraction of sp³-hybridized carbons (Fsp3) is 0.364. The minimum Gasteiger partial charge on any atom is -0.385 e. The third kappa shape index (κ3) is 3.60. The second kappa shape index (κ2) is 5.94. The normalized spacial score (nSPS) is 13.3. The number of carbonyl (C=O) groups excluding carboxylic acids is 1. The van der Waals surface area contributed by atoms with E-state index in [0.717, 1.165) is 4.47 Å². The number of rotatable bonds is 5. The first kappa shape index (κ1) is 8.62. The van der Waals surface area contributed by atoms with Crippen LogP contribution in [0.4, 0.5) is 0 Å². The molecule has 0 saturated heterocycles. The molecule has 1 rings (SSSR count). The van der Waals surface area contributed by atoms with Gasteiger partial charge in [-0.25, -0.2) is 0 Å². The Labute approximate surface area is 95.2 Å². The Morgan fingerprint density at radius 1 is 1.50 bits per heavy atom. The van der Waals surface area contributed by atoms with Crippen molar-refractivity contribution < 1.29 is 12.3 Å². The van der Waals surface area contributed by atoms with Crippen LogP contribution in [0.1, 0.15) is 25.9 Å². The van der Waals surface area contributed by atoms with Crippen LogP contribution in [0.3, 0.4) is 0 Å². The molecule has 1 aromatic rings. The summed E-state index contributed by atoms with van der Waals surface area (Å²) in [6, 6.07) is 6.66. The summed E-state index contributed by atoms with van der Waals surface area (Å²) in [5.74, 6) is -0.503. The highest BCUT2D eigenvalue weighted by atomic mass is 79.9. The van der Waals surface area contributed by atoms with E-state index in [1.54, 1.807) is 24.3 Å². The van der Waals surface area contributed by atoms with Crippen LogP contribution in [0.2, 0.25) is 0 Å². The number of hydrogen-bond acceptors (Lipinski definition) is 2. The highest BCUT2D eigenvalue weighted by molar-refractivity contribution is 9.10. The van der Waals surface area contributed by atoms with E-state index in [0.29, 0.717) is 5.56 Å². The molecule has 0 aliphatic rings. The van der Waals surface area contributed by atoms with Crippen molar-refractivity contribution >= 4 is 21.7 Å². The molecule has 0 spiro atoms. The van der Waals surface area contributed by atoms with Gasteiger partial charge in [-0.3, -0.25) is 4.79 Å². The van der Waals surface area contributed by atoms with Crippen LogP contribution in [0.15, 0.2) is 28.7 Å². The number of ether oxygens (including phenoxy) is 1. The number of methoxy groups -OCH3 is 1. The van der Waals surface area contributed by atoms with Gasteiger partial charge in [0, 0.05) is 32.9 Å². The lowest BCUT2D eigenvalue weighted by Gasteiger charge is -2.00. The summed E-state index contributed by atoms with van der Waals surface area (Å²) in [5, 5.41) is 0. The van der Waals surface area contributed by atoms with Crippen molar-refractivity contribution in [2.24, 2.45) is 0 Å². The van der Waals surface area contributed by atoms with E-state index in [9.17, 15) is 4.79 Å². The first-order chi connectivity index (χ1) is 7.47. The summed E-state index contributed by atoms with van der Waals surface area (Å²) in [6.45, 7) is 0.231. The van der Waals surface area contributed by atoms with Gasteiger partial charge in [-0.1, -0.05) is 28.1 Å². The zero-order valence-corrected chi connectivity index (χ0v) is 9.50. The molecule has 0 aliphatic carbocycles. The van der Waals surface area contributed by atoms with Crippen LogP contribution in [-0.2, 0) is 4.74 Å². The fourth-order valence-corrected chi connectivity index (χ4v) is 1.23. The third-order valence-electron chi connectivity index (χ3n) is 1.70. The maximum absolute atomic E-state index is 11.8. The molecular weight excluding hydrogens is 244 g/mol. The molecule has 0 heterocycles. The second-order valence-corrected chi connectivity index (χ2v) is 3.67. The predicted molar refractivity (Wildman–Crippen MR) is 59.6 cm³/mol. The molecule has 1 aromatic carbocycles. The third-order valence-corrected chi connectivity index (χ3v) is 2.23. The molecule has 0 N–H and O–H groups in total. The fourth-order valence-electron chi connectivity index (χ4n) is 0.970. The van der Waals surface area contributed by atoms with Crippen LogP contribution >= 0.6 is 15.9 Å². The molecular formula is C11H13BrO2. The molecule has 0 bridgehead atoms. The molecule has 0 atom stereocenters. The van der Waals surface area contributed by atoms with Gasteiger partial charge >= 0.3 is 0 Å². The number of hydrogen-bond donors (Lipinski definition) is 0. The molecule has 0 amide bonds. The number of benzene rings is 1. The molecule has 0 fully saturated rings. The molecule has 0 aliphatic heterocycles. The van der Waals surface area contributed by atoms with Crippen LogP contribution in [0.25, 0.3) is 0 Å². The Morgan fingerprint density at radius 2 is 2.14 bits per heavy atom. The Balaban J connectivity index is 2.80. The Hall–Kier alpha value is -0.670. The lowest BCUT2D eigenvalue weighted by molar-refractivity contribution is 0.0963. The molecule has 0 radical (unpaired) electrons. The van der Waals surface area contributed by atoms with Crippen molar-refractivity contribution in [2.75, 3.05) is 13.7 Å². The Morgan fingerprint density at radius 3 is 2.71 bits per heavy atom. The van der Waals surface area contributed by atoms with Crippen LogP contribution in [0.5, 0.6) is 0 Å². The first-order valence-corrected chi connectivity index (χ1v) is 5.06. The number of Topliss-reactive ketones (excluding diaryl/α,β-unsaturated/α-hetero) is 1. The standard InChI is InChI=1S/C11H13BrO2/c1-14-8-2-3-11(13)9-4-6-10(12)7-5-9/h4-7H,2-3,8H2,1H3/i3D2. The van der Waals surface area contributed by atoms with Gasteiger partial charge in [0.05, 0.1) is 0 Å². The van der Waals surface area contributed by atoms with Gasteiger partial charge in [0.1, 0.15) is 0 Å². The zero-order valence-electron chi connectivity index (χ0n) is 9.92. The SMILES string of the molecule is [2H]C([2H])(CCOC)C(=O)c1ccc(Br)cc1. The molecule has 2 nitrogen and oxygen atoms in total. The average Bonchev–Trinajstić information content (AvgIpc) is 2.26. The molecule has 0 aromatic heterocycles. The highest BCUT2D eigenvalue weighted by Gasteiger charge is 2.04. The van der Waals surface area contributed by atoms with Gasteiger partial charge in [-0.2, -0.15) is 0 Å². The minimum atomic E-state index is -1.87. The van der Waals surface area contributed by atoms with Crippen molar-refractivity contribution in [1.29, 1.82) is 0 Å². The molecule has 3 heteroatoms. The summed E-state index contributed by atoms with van der Waals surface area (Å²) in [7, 11) is 1.49. The number of carbonyl (C=O) groups is 1. The van der Waals surface area contributed by atoms with E-state index in [1.165, 1.54) is 7.11 Å². The Kier molecular flexibility index (Phi) is 3.66. The summed E-state index contributed by atoms with van der Waals surface area (Å²) in [6.07, 6.45) is -1.80. The number of ketones is 1. The van der Waals surface area contributed by atoms with Gasteiger partial charge in [-0.15, -0.1) is 0 Å². The van der Waals surface area contributed by atoms with Crippen molar-refractivity contribution in [1.82, 2.24) is 0 Å². The second-order valence-electron chi connectivity index (χ2n) is 2.76. The maximum Gasteiger partial charge on any atom is 0.162 e. The van der Waals surface area contributed by atoms with Crippen LogP contribution in [-0.4, -0.2) is 19.5 Å². The highest BCUT2D eigenvalue weighted by Crippen LogP contribution is 2.12. The monoisotopic (exact) mass is 258 g/mol. The molecule has 14 heavy (non-hydrogen) atoms. The Bertz CT molecular complexity index is 363. The summed E-state index contributed by atoms with van der Waals surface area (Å²) in [5.41, 5.74) is 0.379. The van der Waals surface area contributed by atoms with E-state index in [4.69, 9.17) is 7.48 Å². The van der Waals surface area contributed by atoms with Gasteiger partial charge in [0.25, 0.3) is 0 Å². The van der Waals surface area contributed by atoms with Crippen molar-refractivity contribution in [3.63, 3.8) is 0 Å². The quantitative estimate of drug-likeness (QED) is 0.759. The molecule has 76 valence electrons. The number of halogens is 1. The van der Waals surface area contributed by atoms with Gasteiger partial charge in [-0.05, 0) is 18.6 Å². The van der Waals surface area contributed by atoms with E-state index >= 15 is 0 Å². The topological polar surface area (TPSA) is 26.3 Å². The van der Waals surface area contributed by atoms with Gasteiger partial charge in [0.2, 0.25) is 0 Å². The van der Waals surface area contributed by atoms with Gasteiger partial charge in [0.15, 0.2) is 5.78 Å². The van der Waals surface area contributed by atoms with E-state index in [1.807, 2.05) is 0 Å². The first-order valence-electron chi connectivity index (χ1n) is 5.26. The predicted octanol–water partition coefficient (Wildman–Crippen LogP) is 3.06. The summed E-state index contributed by atoms with van der Waals surface area (Å²) >= 11 is 3.26. The summed E-state index contributed by atoms with van der Waals surface area (Å²) < 4.78 is 20.9. The zero-order chi connectivity index (χ0) is 12.2. The van der Waals surface area contributed by atoms with Crippen molar-refractivity contribution in [3.05, 3.63) is 34.3 Å². The smallest absolute Gasteiger partial charge is 0.162 e. The molecule has 0 unspecified atom stereocenters. The lowest BCUT2D eigenvalue weighted by Crippen LogP contribution is -2.00. The molecule has 0 saturated carbocycles. The summed E-state index contributed by atoms with van der Waals surface area (Å²) in [4.78, 5) is 11.8. The average molecular weight is 259 g/mol. The van der Waals surface area contributed by atoms with E-state index in [2.05, 4.69) is 15.9 Å². The van der Waals surface area contributed by atoms with Crippen LogP contribution in [0, 0.1) is 0 Å². The van der Waals surface area contributed by atoms with Gasteiger partial charge < -0.3 is 4.74 Å². The van der Waals surface area contributed by atoms with E-state index < -0.39 is 12.2 Å². The minimum absolute atomic E-state index is 0.0679. The largest absolute Gasteiger partial charge is 0.385 e. The lowest BCUT2D eigenvalue weighted by atomic mass is 10.1. The maximum atomic E-state index is 11.8. The van der Waals surface area contributed by atoms with Crippen LogP contribution < -0.4 is 0 Å². The van der Waals surface area contributed by atoms with E-state index in [-0.39, 0.29) is 13.0 Å².